The van der Waals surface area contributed by atoms with Gasteiger partial charge in [-0.2, -0.15) is 0 Å². The summed E-state index contributed by atoms with van der Waals surface area (Å²) in [6.45, 7) is 5.58. The Hall–Kier alpha value is -2.65. The van der Waals surface area contributed by atoms with Crippen LogP contribution >= 0.6 is 11.3 Å². The lowest BCUT2D eigenvalue weighted by atomic mass is 10.0. The Morgan fingerprint density at radius 1 is 1.35 bits per heavy atom. The molecular formula is C25H32FN3O4S. The van der Waals surface area contributed by atoms with Crippen molar-refractivity contribution >= 4 is 23.3 Å². The lowest BCUT2D eigenvalue weighted by Crippen LogP contribution is -2.52. The molecule has 4 rings (SSSR count). The Bertz CT molecular complexity index is 992. The van der Waals surface area contributed by atoms with Crippen LogP contribution in [0.2, 0.25) is 0 Å². The van der Waals surface area contributed by atoms with Crippen LogP contribution in [0.3, 0.4) is 0 Å². The van der Waals surface area contributed by atoms with E-state index in [1.807, 2.05) is 25.3 Å². The summed E-state index contributed by atoms with van der Waals surface area (Å²) in [7, 11) is 0. The van der Waals surface area contributed by atoms with Crippen molar-refractivity contribution in [1.82, 2.24) is 15.1 Å². The minimum atomic E-state index is -0.369. The zero-order chi connectivity index (χ0) is 24.1. The average Bonchev–Trinajstić information content (AvgIpc) is 3.48. The summed E-state index contributed by atoms with van der Waals surface area (Å²) in [6, 6.07) is 7.42. The molecule has 0 spiro atoms. The quantitative estimate of drug-likeness (QED) is 0.609. The van der Waals surface area contributed by atoms with Crippen LogP contribution in [0.5, 0.6) is 5.75 Å². The highest BCUT2D eigenvalue weighted by Gasteiger charge is 2.34. The molecule has 2 aromatic rings. The predicted octanol–water partition coefficient (Wildman–Crippen LogP) is 3.99. The Balaban J connectivity index is 1.49. The van der Waals surface area contributed by atoms with Crippen LogP contribution in [0.4, 0.5) is 9.18 Å². The van der Waals surface area contributed by atoms with Crippen LogP contribution in [0.25, 0.3) is 0 Å². The smallest absolute Gasteiger partial charge is 0.318 e. The van der Waals surface area contributed by atoms with Gasteiger partial charge >= 0.3 is 6.03 Å². The number of ether oxygens (including phenoxy) is 2. The molecule has 3 heterocycles. The number of nitrogens with one attached hydrogen (secondary N) is 1. The lowest BCUT2D eigenvalue weighted by Gasteiger charge is -2.37. The van der Waals surface area contributed by atoms with Crippen molar-refractivity contribution < 1.29 is 23.5 Å². The van der Waals surface area contributed by atoms with Crippen molar-refractivity contribution in [2.45, 2.75) is 51.3 Å². The summed E-state index contributed by atoms with van der Waals surface area (Å²) in [5, 5.41) is 4.92. The van der Waals surface area contributed by atoms with Gasteiger partial charge in [-0.3, -0.25) is 4.79 Å². The van der Waals surface area contributed by atoms with Gasteiger partial charge in [0, 0.05) is 36.7 Å². The monoisotopic (exact) mass is 489 g/mol. The predicted molar refractivity (Wildman–Crippen MR) is 129 cm³/mol. The first-order valence-corrected chi connectivity index (χ1v) is 12.7. The van der Waals surface area contributed by atoms with Crippen molar-refractivity contribution in [3.05, 3.63) is 52.0 Å². The number of urea groups is 1. The highest BCUT2D eigenvalue weighted by atomic mass is 32.1. The molecule has 2 aliphatic rings. The van der Waals surface area contributed by atoms with Gasteiger partial charge in [0.15, 0.2) is 0 Å². The first-order chi connectivity index (χ1) is 16.4. The van der Waals surface area contributed by atoms with E-state index >= 15 is 0 Å². The van der Waals surface area contributed by atoms with Gasteiger partial charge in [-0.05, 0) is 62.3 Å². The zero-order valence-electron chi connectivity index (χ0n) is 19.7. The maximum absolute atomic E-state index is 13.6. The molecular weight excluding hydrogens is 457 g/mol. The topological polar surface area (TPSA) is 71.1 Å². The standard InChI is InChI=1S/C25H32FN3O4S/c1-17(2)27-25(31)28(14-20-7-4-11-32-20)15-24(30)29-10-8-23-21(9-12-34-23)22(29)16-33-19-6-3-5-18(26)13-19/h3,5-6,9,12-13,17,20,22H,4,7-8,10-11,14-16H2,1-2H3,(H,27,31)/t20-,22-/m0/s1. The number of carbonyl (C=O) groups excluding carboxylic acids is 2. The number of halogens is 1. The third-order valence-corrected chi connectivity index (χ3v) is 7.09. The van der Waals surface area contributed by atoms with Gasteiger partial charge in [-0.15, -0.1) is 11.3 Å². The lowest BCUT2D eigenvalue weighted by molar-refractivity contribution is -0.135. The second-order valence-corrected chi connectivity index (χ2v) is 10.0. The molecule has 1 aromatic heterocycles. The highest BCUT2D eigenvalue weighted by molar-refractivity contribution is 7.10. The molecule has 0 aliphatic carbocycles. The Morgan fingerprint density at radius 2 is 2.21 bits per heavy atom. The molecule has 7 nitrogen and oxygen atoms in total. The molecule has 184 valence electrons. The van der Waals surface area contributed by atoms with E-state index in [2.05, 4.69) is 5.32 Å². The molecule has 2 aliphatic heterocycles. The van der Waals surface area contributed by atoms with Crippen LogP contribution in [0.1, 0.15) is 43.2 Å². The second kappa shape index (κ2) is 11.2. The fourth-order valence-corrected chi connectivity index (χ4v) is 5.38. The summed E-state index contributed by atoms with van der Waals surface area (Å²) < 4.78 is 25.2. The fraction of sp³-hybridized carbons (Fsp3) is 0.520. The molecule has 0 saturated carbocycles. The van der Waals surface area contributed by atoms with E-state index in [1.54, 1.807) is 33.3 Å². The molecule has 1 fully saturated rings. The number of rotatable bonds is 8. The number of amides is 3. The van der Waals surface area contributed by atoms with Gasteiger partial charge in [-0.25, -0.2) is 9.18 Å². The van der Waals surface area contributed by atoms with Gasteiger partial charge in [0.25, 0.3) is 0 Å². The Labute approximate surface area is 203 Å². The zero-order valence-corrected chi connectivity index (χ0v) is 20.5. The van der Waals surface area contributed by atoms with Gasteiger partial charge in [-0.1, -0.05) is 6.07 Å². The van der Waals surface area contributed by atoms with Crippen molar-refractivity contribution in [2.24, 2.45) is 0 Å². The SMILES string of the molecule is CC(C)NC(=O)N(CC(=O)N1CCc2sccc2[C@@H]1COc1cccc(F)c1)C[C@@H]1CCCO1. The van der Waals surface area contributed by atoms with Gasteiger partial charge in [0.1, 0.15) is 24.7 Å². The first kappa shape index (κ1) is 24.5. The van der Waals surface area contributed by atoms with Crippen LogP contribution in [0, 0.1) is 5.82 Å². The average molecular weight is 490 g/mol. The molecule has 3 amide bonds. The number of fused-ring (bicyclic) bond motifs is 1. The minimum Gasteiger partial charge on any atom is -0.491 e. The largest absolute Gasteiger partial charge is 0.491 e. The highest BCUT2D eigenvalue weighted by Crippen LogP contribution is 2.34. The van der Waals surface area contributed by atoms with Gasteiger partial charge < -0.3 is 24.6 Å². The maximum Gasteiger partial charge on any atom is 0.318 e. The van der Waals surface area contributed by atoms with Crippen molar-refractivity contribution in [3.8, 4) is 5.75 Å². The normalized spacial score (nSPS) is 19.7. The Kier molecular flexibility index (Phi) is 8.05. The summed E-state index contributed by atoms with van der Waals surface area (Å²) in [5.41, 5.74) is 1.05. The number of benzene rings is 1. The Morgan fingerprint density at radius 3 is 2.94 bits per heavy atom. The molecule has 0 bridgehead atoms. The maximum atomic E-state index is 13.6. The van der Waals surface area contributed by atoms with Crippen LogP contribution in [-0.4, -0.2) is 66.7 Å². The summed E-state index contributed by atoms with van der Waals surface area (Å²) >= 11 is 1.67. The summed E-state index contributed by atoms with van der Waals surface area (Å²) in [5.74, 6) is -0.0843. The van der Waals surface area contributed by atoms with Crippen LogP contribution in [0.15, 0.2) is 35.7 Å². The first-order valence-electron chi connectivity index (χ1n) is 11.8. The molecule has 34 heavy (non-hydrogen) atoms. The van der Waals surface area contributed by atoms with Crippen LogP contribution in [-0.2, 0) is 16.0 Å². The minimum absolute atomic E-state index is 0.0334. The van der Waals surface area contributed by atoms with E-state index < -0.39 is 0 Å². The molecule has 1 N–H and O–H groups in total. The number of hydrogen-bond acceptors (Lipinski definition) is 5. The van der Waals surface area contributed by atoms with E-state index in [9.17, 15) is 14.0 Å². The molecule has 2 atom stereocenters. The molecule has 1 saturated heterocycles. The fourth-order valence-electron chi connectivity index (χ4n) is 4.45. The third-order valence-electron chi connectivity index (χ3n) is 6.09. The van der Waals surface area contributed by atoms with Crippen LogP contribution < -0.4 is 10.1 Å². The number of thiophene rings is 1. The van der Waals surface area contributed by atoms with Gasteiger partial charge in [0.2, 0.25) is 5.91 Å². The number of hydrogen-bond donors (Lipinski definition) is 1. The van der Waals surface area contributed by atoms with Crippen molar-refractivity contribution in [2.75, 3.05) is 32.8 Å². The molecule has 9 heteroatoms. The van der Waals surface area contributed by atoms with E-state index in [0.29, 0.717) is 25.4 Å². The second-order valence-electron chi connectivity index (χ2n) is 9.04. The number of carbonyl (C=O) groups is 2. The van der Waals surface area contributed by atoms with E-state index in [0.717, 1.165) is 24.8 Å². The molecule has 1 aromatic carbocycles. The van der Waals surface area contributed by atoms with E-state index in [4.69, 9.17) is 9.47 Å². The number of nitrogens with zero attached hydrogens (tertiary/aromatic N) is 2. The van der Waals surface area contributed by atoms with E-state index in [1.165, 1.54) is 17.0 Å². The van der Waals surface area contributed by atoms with Crippen molar-refractivity contribution in [1.29, 1.82) is 0 Å². The molecule has 0 radical (unpaired) electrons. The molecule has 0 unspecified atom stereocenters. The van der Waals surface area contributed by atoms with Gasteiger partial charge in [0.05, 0.1) is 12.1 Å². The van der Waals surface area contributed by atoms with E-state index in [-0.39, 0.29) is 49.1 Å². The summed E-state index contributed by atoms with van der Waals surface area (Å²) in [4.78, 5) is 31.0. The van der Waals surface area contributed by atoms with Crippen molar-refractivity contribution in [3.63, 3.8) is 0 Å². The third kappa shape index (κ3) is 6.07. The summed E-state index contributed by atoms with van der Waals surface area (Å²) in [6.07, 6.45) is 2.55.